The number of hydrogen-bond donors (Lipinski definition) is 2. The molecule has 1 saturated carbocycles. The van der Waals surface area contributed by atoms with Crippen molar-refractivity contribution in [3.8, 4) is 0 Å². The Kier molecular flexibility index (Phi) is 3.42. The molecular formula is C11H17N3O3. The van der Waals surface area contributed by atoms with Gasteiger partial charge in [0.15, 0.2) is 5.82 Å². The molecule has 1 aliphatic carbocycles. The molecule has 2 N–H and O–H groups in total. The van der Waals surface area contributed by atoms with E-state index in [9.17, 15) is 9.90 Å². The number of carbonyl (C=O) groups excluding carboxylic acids is 1. The summed E-state index contributed by atoms with van der Waals surface area (Å²) in [6, 6.07) is 0. The fraction of sp³-hybridized carbons (Fsp3) is 0.727. The van der Waals surface area contributed by atoms with E-state index in [-0.39, 0.29) is 18.9 Å². The molecule has 0 saturated heterocycles. The van der Waals surface area contributed by atoms with Crippen LogP contribution in [0, 0.1) is 6.92 Å². The Balaban J connectivity index is 1.77. The smallest absolute Gasteiger partial charge is 0.223 e. The Morgan fingerprint density at radius 3 is 2.82 bits per heavy atom. The normalized spacial score (nSPS) is 18.2. The zero-order valence-electron chi connectivity index (χ0n) is 9.90. The van der Waals surface area contributed by atoms with E-state index in [2.05, 4.69) is 15.5 Å². The van der Waals surface area contributed by atoms with Crippen LogP contribution in [0.2, 0.25) is 0 Å². The molecule has 6 nitrogen and oxygen atoms in total. The van der Waals surface area contributed by atoms with Crippen LogP contribution in [0.25, 0.3) is 0 Å². The number of nitrogens with one attached hydrogen (secondary N) is 1. The van der Waals surface area contributed by atoms with E-state index in [0.29, 0.717) is 24.6 Å². The summed E-state index contributed by atoms with van der Waals surface area (Å²) in [5.41, 5.74) is -0.808. The van der Waals surface area contributed by atoms with Crippen LogP contribution in [-0.2, 0) is 11.3 Å². The van der Waals surface area contributed by atoms with Crippen LogP contribution in [0.1, 0.15) is 43.8 Å². The summed E-state index contributed by atoms with van der Waals surface area (Å²) in [5.74, 6) is 0.759. The van der Waals surface area contributed by atoms with Crippen molar-refractivity contribution in [1.82, 2.24) is 15.5 Å². The highest BCUT2D eigenvalue weighted by molar-refractivity contribution is 5.76. The van der Waals surface area contributed by atoms with Crippen molar-refractivity contribution in [2.45, 2.75) is 51.2 Å². The second-order valence-electron chi connectivity index (χ2n) is 4.61. The van der Waals surface area contributed by atoms with Gasteiger partial charge in [0, 0.05) is 6.92 Å². The predicted octanol–water partition coefficient (Wildman–Crippen LogP) is 0.689. The minimum atomic E-state index is -0.808. The number of aromatic nitrogens is 2. The van der Waals surface area contributed by atoms with E-state index in [0.717, 1.165) is 12.8 Å². The first-order valence-corrected chi connectivity index (χ1v) is 5.86. The zero-order valence-corrected chi connectivity index (χ0v) is 9.90. The monoisotopic (exact) mass is 239 g/mol. The average Bonchev–Trinajstić information content (AvgIpc) is 2.85. The largest absolute Gasteiger partial charge is 0.389 e. The molecule has 0 radical (unpaired) electrons. The second-order valence-corrected chi connectivity index (χ2v) is 4.61. The van der Waals surface area contributed by atoms with E-state index in [1.807, 2.05) is 0 Å². The molecule has 0 bridgehead atoms. The van der Waals surface area contributed by atoms with Gasteiger partial charge in [-0.15, -0.1) is 0 Å². The van der Waals surface area contributed by atoms with Crippen LogP contribution in [0.4, 0.5) is 0 Å². The third kappa shape index (κ3) is 3.26. The lowest BCUT2D eigenvalue weighted by Crippen LogP contribution is -2.34. The summed E-state index contributed by atoms with van der Waals surface area (Å²) in [4.78, 5) is 15.6. The number of aryl methyl sites for hydroxylation is 1. The number of hydrogen-bond acceptors (Lipinski definition) is 5. The Morgan fingerprint density at radius 1 is 1.53 bits per heavy atom. The lowest BCUT2D eigenvalue weighted by molar-refractivity contribution is -0.126. The Morgan fingerprint density at radius 2 is 2.24 bits per heavy atom. The zero-order chi connectivity index (χ0) is 12.3. The molecule has 1 heterocycles. The van der Waals surface area contributed by atoms with E-state index < -0.39 is 5.60 Å². The van der Waals surface area contributed by atoms with Crippen LogP contribution in [0.15, 0.2) is 4.52 Å². The maximum Gasteiger partial charge on any atom is 0.223 e. The maximum atomic E-state index is 11.6. The number of rotatable bonds is 4. The van der Waals surface area contributed by atoms with Gasteiger partial charge in [0.25, 0.3) is 0 Å². The highest BCUT2D eigenvalue weighted by Crippen LogP contribution is 2.32. The van der Waals surface area contributed by atoms with Gasteiger partial charge in [-0.3, -0.25) is 4.79 Å². The van der Waals surface area contributed by atoms with Crippen molar-refractivity contribution in [3.63, 3.8) is 0 Å². The molecule has 0 aliphatic heterocycles. The highest BCUT2D eigenvalue weighted by Gasteiger charge is 2.33. The minimum absolute atomic E-state index is 0.157. The van der Waals surface area contributed by atoms with Crippen molar-refractivity contribution >= 4 is 5.91 Å². The van der Waals surface area contributed by atoms with Crippen LogP contribution >= 0.6 is 0 Å². The standard InChI is InChI=1S/C11H17N3O3/c1-8-13-9(14-17-8)7-12-10(15)6-11(16)4-2-3-5-11/h16H,2-7H2,1H3,(H,12,15). The van der Waals surface area contributed by atoms with Gasteiger partial charge in [0.05, 0.1) is 18.6 Å². The number of nitrogens with zero attached hydrogens (tertiary/aromatic N) is 2. The molecule has 6 heteroatoms. The highest BCUT2D eigenvalue weighted by atomic mass is 16.5. The maximum absolute atomic E-state index is 11.6. The molecule has 1 amide bonds. The molecule has 2 rings (SSSR count). The van der Waals surface area contributed by atoms with Crippen LogP contribution in [-0.4, -0.2) is 26.8 Å². The van der Waals surface area contributed by atoms with Gasteiger partial charge >= 0.3 is 0 Å². The first-order chi connectivity index (χ1) is 8.07. The van der Waals surface area contributed by atoms with Gasteiger partial charge in [-0.2, -0.15) is 4.98 Å². The summed E-state index contributed by atoms with van der Waals surface area (Å²) in [7, 11) is 0. The van der Waals surface area contributed by atoms with Crippen LogP contribution in [0.5, 0.6) is 0 Å². The summed E-state index contributed by atoms with van der Waals surface area (Å²) >= 11 is 0. The average molecular weight is 239 g/mol. The molecule has 17 heavy (non-hydrogen) atoms. The summed E-state index contributed by atoms with van der Waals surface area (Å²) < 4.78 is 4.79. The van der Waals surface area contributed by atoms with Crippen molar-refractivity contribution in [2.24, 2.45) is 0 Å². The first-order valence-electron chi connectivity index (χ1n) is 5.86. The molecule has 1 fully saturated rings. The molecule has 0 atom stereocenters. The van der Waals surface area contributed by atoms with Crippen LogP contribution < -0.4 is 5.32 Å². The van der Waals surface area contributed by atoms with E-state index in [1.165, 1.54) is 0 Å². The van der Waals surface area contributed by atoms with E-state index in [1.54, 1.807) is 6.92 Å². The van der Waals surface area contributed by atoms with Gasteiger partial charge in [-0.05, 0) is 12.8 Å². The summed E-state index contributed by atoms with van der Waals surface area (Å²) in [5, 5.41) is 16.4. The molecular weight excluding hydrogens is 222 g/mol. The summed E-state index contributed by atoms with van der Waals surface area (Å²) in [6.45, 7) is 1.94. The van der Waals surface area contributed by atoms with Crippen molar-refractivity contribution in [1.29, 1.82) is 0 Å². The van der Waals surface area contributed by atoms with E-state index >= 15 is 0 Å². The molecule has 1 aromatic heterocycles. The lowest BCUT2D eigenvalue weighted by Gasteiger charge is -2.20. The third-order valence-corrected chi connectivity index (χ3v) is 3.04. The molecule has 1 aliphatic rings. The third-order valence-electron chi connectivity index (χ3n) is 3.04. The van der Waals surface area contributed by atoms with Crippen molar-refractivity contribution in [3.05, 3.63) is 11.7 Å². The number of carbonyl (C=O) groups is 1. The molecule has 1 aromatic rings. The van der Waals surface area contributed by atoms with Gasteiger partial charge in [-0.1, -0.05) is 18.0 Å². The summed E-state index contributed by atoms with van der Waals surface area (Å²) in [6.07, 6.45) is 3.56. The Hall–Kier alpha value is -1.43. The Labute approximate surface area is 99.4 Å². The molecule has 0 unspecified atom stereocenters. The van der Waals surface area contributed by atoms with Gasteiger partial charge in [0.2, 0.25) is 11.8 Å². The van der Waals surface area contributed by atoms with Crippen molar-refractivity contribution < 1.29 is 14.4 Å². The molecule has 94 valence electrons. The molecule has 0 aromatic carbocycles. The van der Waals surface area contributed by atoms with Gasteiger partial charge < -0.3 is 14.9 Å². The van der Waals surface area contributed by atoms with Crippen molar-refractivity contribution in [2.75, 3.05) is 0 Å². The predicted molar refractivity (Wildman–Crippen MR) is 58.9 cm³/mol. The minimum Gasteiger partial charge on any atom is -0.389 e. The fourth-order valence-corrected chi connectivity index (χ4v) is 2.16. The number of amides is 1. The van der Waals surface area contributed by atoms with Crippen LogP contribution in [0.3, 0.4) is 0 Å². The fourth-order valence-electron chi connectivity index (χ4n) is 2.16. The SMILES string of the molecule is Cc1nc(CNC(=O)CC2(O)CCCC2)no1. The number of aliphatic hydroxyl groups is 1. The van der Waals surface area contributed by atoms with E-state index in [4.69, 9.17) is 4.52 Å². The second kappa shape index (κ2) is 4.83. The molecule has 0 spiro atoms. The Bertz CT molecular complexity index is 396. The first kappa shape index (κ1) is 12.0. The topological polar surface area (TPSA) is 88.2 Å². The quantitative estimate of drug-likeness (QED) is 0.807. The lowest BCUT2D eigenvalue weighted by atomic mass is 9.98. The van der Waals surface area contributed by atoms with Gasteiger partial charge in [0.1, 0.15) is 0 Å². The van der Waals surface area contributed by atoms with Gasteiger partial charge in [-0.25, -0.2) is 0 Å².